The molecule has 2 fully saturated rings. The summed E-state index contributed by atoms with van der Waals surface area (Å²) in [6.07, 6.45) is -1.29. The van der Waals surface area contributed by atoms with Gasteiger partial charge in [-0.3, -0.25) is 0 Å². The maximum Gasteiger partial charge on any atom is 0.186 e. The fraction of sp³-hybridized carbons (Fsp3) is 0.846. The lowest BCUT2D eigenvalue weighted by Gasteiger charge is -2.49. The molecule has 5 atom stereocenters. The molecule has 6 heteroatoms. The van der Waals surface area contributed by atoms with Crippen LogP contribution in [0.3, 0.4) is 0 Å². The molecule has 110 valence electrons. The first kappa shape index (κ1) is 14.9. The van der Waals surface area contributed by atoms with Crippen molar-refractivity contribution in [1.29, 1.82) is 0 Å². The molecule has 0 aliphatic carbocycles. The van der Waals surface area contributed by atoms with Gasteiger partial charge >= 0.3 is 0 Å². The maximum absolute atomic E-state index is 10.2. The summed E-state index contributed by atoms with van der Waals surface area (Å²) in [4.78, 5) is 0. The summed E-state index contributed by atoms with van der Waals surface area (Å²) in [5.74, 6) is -0.722. The Morgan fingerprint density at radius 3 is 2.84 bits per heavy atom. The van der Waals surface area contributed by atoms with Gasteiger partial charge in [-0.15, -0.1) is 6.58 Å². The standard InChI is InChI=1S/C13H22O6/c1-5-6-16-11-9(14)12(15-4)18-8-7-17-13(2,3)19-10(8)11/h5,8-12,14H,1,6-7H2,2-4H3/t8-,9-,10-,11-,12-/m1/s1. The van der Waals surface area contributed by atoms with Crippen molar-refractivity contribution in [3.8, 4) is 0 Å². The molecule has 1 N–H and O–H groups in total. The lowest BCUT2D eigenvalue weighted by atomic mass is 9.97. The number of aliphatic hydroxyl groups is 1. The first-order valence-electron chi connectivity index (χ1n) is 6.39. The molecule has 0 radical (unpaired) electrons. The summed E-state index contributed by atoms with van der Waals surface area (Å²) in [6, 6.07) is 0. The van der Waals surface area contributed by atoms with Crippen LogP contribution in [0.25, 0.3) is 0 Å². The van der Waals surface area contributed by atoms with Crippen molar-refractivity contribution < 1.29 is 28.8 Å². The molecule has 6 nitrogen and oxygen atoms in total. The average molecular weight is 274 g/mol. The first-order valence-corrected chi connectivity index (χ1v) is 6.39. The van der Waals surface area contributed by atoms with Gasteiger partial charge in [0.25, 0.3) is 0 Å². The van der Waals surface area contributed by atoms with Crippen LogP contribution >= 0.6 is 0 Å². The van der Waals surface area contributed by atoms with Crippen molar-refractivity contribution in [3.63, 3.8) is 0 Å². The zero-order valence-corrected chi connectivity index (χ0v) is 11.6. The Labute approximate surface area is 113 Å². The summed E-state index contributed by atoms with van der Waals surface area (Å²) < 4.78 is 27.8. The van der Waals surface area contributed by atoms with Gasteiger partial charge in [-0.05, 0) is 13.8 Å². The molecule has 0 aromatic rings. The SMILES string of the molecule is C=CCO[C@@H]1[C@@H](O)[C@H](OC)O[C@@H]2COC(C)(C)O[C@@H]12. The van der Waals surface area contributed by atoms with E-state index in [2.05, 4.69) is 6.58 Å². The van der Waals surface area contributed by atoms with Crippen molar-refractivity contribution in [2.45, 2.75) is 50.3 Å². The highest BCUT2D eigenvalue weighted by molar-refractivity contribution is 4.94. The van der Waals surface area contributed by atoms with Crippen molar-refractivity contribution in [2.24, 2.45) is 0 Å². The second kappa shape index (κ2) is 5.87. The van der Waals surface area contributed by atoms with E-state index in [1.165, 1.54) is 7.11 Å². The van der Waals surface area contributed by atoms with Gasteiger partial charge in [-0.25, -0.2) is 0 Å². The van der Waals surface area contributed by atoms with E-state index in [9.17, 15) is 5.11 Å². The molecule has 0 spiro atoms. The molecule has 0 bridgehead atoms. The molecule has 2 saturated heterocycles. The van der Waals surface area contributed by atoms with Crippen LogP contribution < -0.4 is 0 Å². The Bertz CT molecular complexity index is 318. The molecular formula is C13H22O6. The quantitative estimate of drug-likeness (QED) is 0.750. The highest BCUT2D eigenvalue weighted by atomic mass is 16.8. The Hall–Kier alpha value is -0.500. The number of ether oxygens (including phenoxy) is 5. The predicted molar refractivity (Wildman–Crippen MR) is 66.5 cm³/mol. The third-order valence-electron chi connectivity index (χ3n) is 3.27. The number of aliphatic hydroxyl groups excluding tert-OH is 1. The highest BCUT2D eigenvalue weighted by Crippen LogP contribution is 2.33. The second-order valence-electron chi connectivity index (χ2n) is 5.15. The van der Waals surface area contributed by atoms with E-state index in [0.717, 1.165) is 0 Å². The van der Waals surface area contributed by atoms with E-state index in [0.29, 0.717) is 13.2 Å². The number of rotatable bonds is 4. The fourth-order valence-corrected chi connectivity index (χ4v) is 2.38. The maximum atomic E-state index is 10.2. The van der Waals surface area contributed by atoms with Gasteiger partial charge in [0.15, 0.2) is 12.1 Å². The number of methoxy groups -OCH3 is 1. The van der Waals surface area contributed by atoms with Crippen LogP contribution in [-0.4, -0.2) is 61.9 Å². The van der Waals surface area contributed by atoms with Crippen LogP contribution in [-0.2, 0) is 23.7 Å². The monoisotopic (exact) mass is 274 g/mol. The van der Waals surface area contributed by atoms with Crippen LogP contribution in [0.15, 0.2) is 12.7 Å². The van der Waals surface area contributed by atoms with Gasteiger partial charge in [0, 0.05) is 7.11 Å². The average Bonchev–Trinajstić information content (AvgIpc) is 2.36. The summed E-state index contributed by atoms with van der Waals surface area (Å²) in [5, 5.41) is 10.2. The smallest absolute Gasteiger partial charge is 0.186 e. The molecule has 2 heterocycles. The zero-order valence-electron chi connectivity index (χ0n) is 11.6. The number of hydrogen-bond donors (Lipinski definition) is 1. The molecule has 2 aliphatic heterocycles. The molecule has 0 saturated carbocycles. The molecule has 2 aliphatic rings. The van der Waals surface area contributed by atoms with Crippen molar-refractivity contribution >= 4 is 0 Å². The highest BCUT2D eigenvalue weighted by Gasteiger charge is 2.51. The second-order valence-corrected chi connectivity index (χ2v) is 5.15. The van der Waals surface area contributed by atoms with Crippen molar-refractivity contribution in [1.82, 2.24) is 0 Å². The molecule has 0 unspecified atom stereocenters. The van der Waals surface area contributed by atoms with Crippen LogP contribution in [0.2, 0.25) is 0 Å². The van der Waals surface area contributed by atoms with Crippen LogP contribution in [0.5, 0.6) is 0 Å². The van der Waals surface area contributed by atoms with Crippen LogP contribution in [0.1, 0.15) is 13.8 Å². The van der Waals surface area contributed by atoms with E-state index < -0.39 is 30.4 Å². The van der Waals surface area contributed by atoms with E-state index >= 15 is 0 Å². The van der Waals surface area contributed by atoms with Gasteiger partial charge in [0.2, 0.25) is 0 Å². The van der Waals surface area contributed by atoms with Gasteiger partial charge in [-0.1, -0.05) is 6.08 Å². The zero-order chi connectivity index (χ0) is 14.0. The van der Waals surface area contributed by atoms with Crippen molar-refractivity contribution in [2.75, 3.05) is 20.3 Å². The fourth-order valence-electron chi connectivity index (χ4n) is 2.38. The molecular weight excluding hydrogens is 252 g/mol. The number of hydrogen-bond acceptors (Lipinski definition) is 6. The lowest BCUT2D eigenvalue weighted by molar-refractivity contribution is -0.383. The normalized spacial score (nSPS) is 41.6. The van der Waals surface area contributed by atoms with E-state index in [1.807, 2.05) is 13.8 Å². The summed E-state index contributed by atoms with van der Waals surface area (Å²) >= 11 is 0. The molecule has 19 heavy (non-hydrogen) atoms. The molecule has 2 rings (SSSR count). The number of fused-ring (bicyclic) bond motifs is 1. The molecule has 0 amide bonds. The van der Waals surface area contributed by atoms with Gasteiger partial charge in [0.05, 0.1) is 13.2 Å². The topological polar surface area (TPSA) is 66.4 Å². The minimum atomic E-state index is -0.917. The third-order valence-corrected chi connectivity index (χ3v) is 3.27. The van der Waals surface area contributed by atoms with Gasteiger partial charge in [-0.2, -0.15) is 0 Å². The minimum absolute atomic E-state index is 0.323. The summed E-state index contributed by atoms with van der Waals surface area (Å²) in [7, 11) is 1.48. The van der Waals surface area contributed by atoms with E-state index in [4.69, 9.17) is 23.7 Å². The Kier molecular flexibility index (Phi) is 4.60. The molecule has 0 aromatic heterocycles. The Balaban J connectivity index is 2.15. The van der Waals surface area contributed by atoms with E-state index in [1.54, 1.807) is 6.08 Å². The third kappa shape index (κ3) is 3.16. The predicted octanol–water partition coefficient (Wildman–Crippen LogP) is 0.441. The van der Waals surface area contributed by atoms with Gasteiger partial charge in [0.1, 0.15) is 24.4 Å². The van der Waals surface area contributed by atoms with E-state index in [-0.39, 0.29) is 6.10 Å². The minimum Gasteiger partial charge on any atom is -0.385 e. The Morgan fingerprint density at radius 2 is 2.21 bits per heavy atom. The van der Waals surface area contributed by atoms with Crippen LogP contribution in [0.4, 0.5) is 0 Å². The Morgan fingerprint density at radius 1 is 1.47 bits per heavy atom. The summed E-state index contributed by atoms with van der Waals surface area (Å²) in [5.41, 5.74) is 0. The first-order chi connectivity index (χ1) is 8.98. The van der Waals surface area contributed by atoms with Crippen molar-refractivity contribution in [3.05, 3.63) is 12.7 Å². The largest absolute Gasteiger partial charge is 0.385 e. The molecule has 0 aromatic carbocycles. The lowest BCUT2D eigenvalue weighted by Crippen LogP contribution is -2.65. The van der Waals surface area contributed by atoms with Gasteiger partial charge < -0.3 is 28.8 Å². The van der Waals surface area contributed by atoms with Crippen LogP contribution in [0, 0.1) is 0 Å². The summed E-state index contributed by atoms with van der Waals surface area (Å²) in [6.45, 7) is 7.95.